The van der Waals surface area contributed by atoms with E-state index in [9.17, 15) is 19.5 Å². The van der Waals surface area contributed by atoms with Crippen LogP contribution in [0.2, 0.25) is 0 Å². The molecule has 3 atom stereocenters. The lowest BCUT2D eigenvalue weighted by atomic mass is 9.76. The Morgan fingerprint density at radius 2 is 1.94 bits per heavy atom. The molecule has 0 aromatic rings. The predicted molar refractivity (Wildman–Crippen MR) is 62.3 cm³/mol. The van der Waals surface area contributed by atoms with E-state index in [1.165, 1.54) is 0 Å². The molecule has 0 heterocycles. The van der Waals surface area contributed by atoms with Crippen molar-refractivity contribution in [2.75, 3.05) is 0 Å². The van der Waals surface area contributed by atoms with Gasteiger partial charge in [-0.3, -0.25) is 4.79 Å². The summed E-state index contributed by atoms with van der Waals surface area (Å²) in [4.78, 5) is 39.3. The minimum Gasteiger partial charge on any atom is -0.366 e. The van der Waals surface area contributed by atoms with Gasteiger partial charge in [0.15, 0.2) is 0 Å². The van der Waals surface area contributed by atoms with Crippen molar-refractivity contribution in [3.8, 4) is 0 Å². The van der Waals surface area contributed by atoms with Crippen molar-refractivity contribution < 1.29 is 19.5 Å². The summed E-state index contributed by atoms with van der Waals surface area (Å²) in [5.74, 6) is -0.743. The van der Waals surface area contributed by atoms with E-state index in [-0.39, 0.29) is 11.8 Å². The molecule has 6 heteroatoms. The van der Waals surface area contributed by atoms with Gasteiger partial charge in [-0.05, 0) is 12.3 Å². The predicted octanol–water partition coefficient (Wildman–Crippen LogP) is 0.796. The van der Waals surface area contributed by atoms with E-state index in [0.29, 0.717) is 0 Å². The van der Waals surface area contributed by atoms with E-state index >= 15 is 0 Å². The fourth-order valence-corrected chi connectivity index (χ4v) is 4.05. The van der Waals surface area contributed by atoms with Gasteiger partial charge in [0.25, 0.3) is 5.91 Å². The van der Waals surface area contributed by atoms with E-state index in [4.69, 9.17) is 5.73 Å². The summed E-state index contributed by atoms with van der Waals surface area (Å²) in [6, 6.07) is 0. The average Bonchev–Trinajstić information content (AvgIpc) is 2.15. The van der Waals surface area contributed by atoms with Gasteiger partial charge in [-0.2, -0.15) is 14.7 Å². The second kappa shape index (κ2) is 5.41. The largest absolute Gasteiger partial charge is 0.416 e. The molecule has 5 nitrogen and oxygen atoms in total. The van der Waals surface area contributed by atoms with Crippen LogP contribution in [0.1, 0.15) is 39.0 Å². The molecule has 16 heavy (non-hydrogen) atoms. The van der Waals surface area contributed by atoms with Gasteiger partial charge in [0.05, 0.1) is 0 Å². The molecule has 0 radical (unpaired) electrons. The van der Waals surface area contributed by atoms with Gasteiger partial charge >= 0.3 is 7.94 Å². The molecular formula is C10H21NO4P+. The van der Waals surface area contributed by atoms with Crippen molar-refractivity contribution in [2.45, 2.75) is 44.7 Å². The Balaban J connectivity index is 2.87. The summed E-state index contributed by atoms with van der Waals surface area (Å²) < 4.78 is 0. The van der Waals surface area contributed by atoms with Crippen LogP contribution in [0.3, 0.4) is 0 Å². The van der Waals surface area contributed by atoms with Crippen molar-refractivity contribution in [2.24, 2.45) is 17.6 Å². The van der Waals surface area contributed by atoms with Crippen LogP contribution in [0.25, 0.3) is 0 Å². The Kier molecular flexibility index (Phi) is 4.68. The highest BCUT2D eigenvalue weighted by molar-refractivity contribution is 7.60. The molecule has 1 amide bonds. The molecule has 1 rings (SSSR count). The van der Waals surface area contributed by atoms with Gasteiger partial charge < -0.3 is 5.73 Å². The van der Waals surface area contributed by atoms with Crippen LogP contribution in [0, 0.1) is 11.8 Å². The molecule has 1 aliphatic rings. The molecule has 0 aromatic carbocycles. The summed E-state index contributed by atoms with van der Waals surface area (Å²) in [7, 11) is -4.18. The lowest BCUT2D eigenvalue weighted by Gasteiger charge is -2.33. The molecule has 3 unspecified atom stereocenters. The Bertz CT molecular complexity index is 254. The fraction of sp³-hybridized carbons (Fsp3) is 0.900. The monoisotopic (exact) mass is 250 g/mol. The second-order valence-electron chi connectivity index (χ2n) is 4.58. The summed E-state index contributed by atoms with van der Waals surface area (Å²) in [5.41, 5.74) is 4.00. The van der Waals surface area contributed by atoms with Crippen LogP contribution in [-0.4, -0.2) is 26.2 Å². The maximum Gasteiger partial charge on any atom is 0.416 e. The highest BCUT2D eigenvalue weighted by atomic mass is 31.2. The van der Waals surface area contributed by atoms with Crippen LogP contribution in [0.15, 0.2) is 0 Å². The van der Waals surface area contributed by atoms with Crippen LogP contribution >= 0.6 is 7.94 Å². The molecule has 0 saturated heterocycles. The fourth-order valence-electron chi connectivity index (χ4n) is 2.80. The number of hydrogen-bond donors (Lipinski definition) is 4. The number of carbonyl (C=O) groups is 1. The van der Waals surface area contributed by atoms with Gasteiger partial charge in [-0.15, -0.1) is 0 Å². The number of nitrogens with two attached hydrogens (primary N) is 1. The molecule has 0 aliphatic heterocycles. The zero-order valence-electron chi connectivity index (χ0n) is 9.54. The third kappa shape index (κ3) is 3.14. The lowest BCUT2D eigenvalue weighted by molar-refractivity contribution is -0.119. The highest BCUT2D eigenvalue weighted by Gasteiger charge is 2.53. The maximum absolute atomic E-state index is 11.3. The van der Waals surface area contributed by atoms with E-state index in [1.807, 2.05) is 6.92 Å². The van der Waals surface area contributed by atoms with E-state index in [1.54, 1.807) is 0 Å². The normalized spacial score (nSPS) is 28.8. The smallest absolute Gasteiger partial charge is 0.366 e. The molecule has 1 fully saturated rings. The van der Waals surface area contributed by atoms with Crippen molar-refractivity contribution in [3.63, 3.8) is 0 Å². The molecule has 0 bridgehead atoms. The molecule has 0 aromatic heterocycles. The van der Waals surface area contributed by atoms with E-state index in [2.05, 4.69) is 0 Å². The number of rotatable bonds is 4. The molecular weight excluding hydrogens is 229 g/mol. The lowest BCUT2D eigenvalue weighted by Crippen LogP contribution is -2.41. The van der Waals surface area contributed by atoms with E-state index < -0.39 is 19.5 Å². The Hall–Kier alpha value is -0.220. The molecule has 0 spiro atoms. The zero-order valence-corrected chi connectivity index (χ0v) is 10.4. The van der Waals surface area contributed by atoms with Gasteiger partial charge in [-0.1, -0.05) is 32.6 Å². The quantitative estimate of drug-likeness (QED) is 0.554. The first-order valence-corrected chi connectivity index (χ1v) is 7.45. The summed E-state index contributed by atoms with van der Waals surface area (Å²) in [6.07, 6.45) is 4.61. The van der Waals surface area contributed by atoms with E-state index in [0.717, 1.165) is 32.1 Å². The second-order valence-corrected chi connectivity index (χ2v) is 6.36. The summed E-state index contributed by atoms with van der Waals surface area (Å²) in [6.45, 7) is 2.01. The molecule has 1 saturated carbocycles. The van der Waals surface area contributed by atoms with Gasteiger partial charge in [0.2, 0.25) is 5.66 Å². The molecule has 94 valence electrons. The van der Waals surface area contributed by atoms with Crippen LogP contribution < -0.4 is 5.73 Å². The van der Waals surface area contributed by atoms with Crippen molar-refractivity contribution in [1.82, 2.24) is 0 Å². The number of carbonyl (C=O) groups excluding carboxylic acids is 1. The SMILES string of the molecule is CCC1CCCCC1C(C(N)=O)[P+](O)(O)O. The maximum atomic E-state index is 11.3. The average molecular weight is 250 g/mol. The standard InChI is InChI=1S/C10H20NO4P/c1-2-7-5-3-4-6-8(7)9(10(11)12)16(13,14)15/h7-9,13-15H,2-6H2,1H3,(H-,11,12)/p+1. The highest BCUT2D eigenvalue weighted by Crippen LogP contribution is 2.56. The number of amides is 1. The van der Waals surface area contributed by atoms with Crippen molar-refractivity contribution >= 4 is 13.9 Å². The zero-order chi connectivity index (χ0) is 12.3. The van der Waals surface area contributed by atoms with Crippen molar-refractivity contribution in [3.05, 3.63) is 0 Å². The number of hydrogen-bond acceptors (Lipinski definition) is 4. The van der Waals surface area contributed by atoms with Gasteiger partial charge in [-0.25, -0.2) is 0 Å². The third-order valence-electron chi connectivity index (χ3n) is 3.56. The van der Waals surface area contributed by atoms with Gasteiger partial charge in [0, 0.05) is 5.92 Å². The topological polar surface area (TPSA) is 104 Å². The van der Waals surface area contributed by atoms with Crippen LogP contribution in [-0.2, 0) is 4.79 Å². The minimum absolute atomic E-state index is 0.190. The first-order chi connectivity index (χ1) is 7.38. The summed E-state index contributed by atoms with van der Waals surface area (Å²) in [5, 5.41) is 0. The summed E-state index contributed by atoms with van der Waals surface area (Å²) >= 11 is 0. The third-order valence-corrected chi connectivity index (χ3v) is 4.95. The molecule has 1 aliphatic carbocycles. The minimum atomic E-state index is -4.18. The van der Waals surface area contributed by atoms with Crippen LogP contribution in [0.4, 0.5) is 0 Å². The molecule has 5 N–H and O–H groups in total. The Morgan fingerprint density at radius 1 is 1.38 bits per heavy atom. The van der Waals surface area contributed by atoms with Crippen LogP contribution in [0.5, 0.6) is 0 Å². The van der Waals surface area contributed by atoms with Crippen molar-refractivity contribution in [1.29, 1.82) is 0 Å². The number of primary amides is 1. The Morgan fingerprint density at radius 3 is 2.38 bits per heavy atom. The first-order valence-electron chi connectivity index (χ1n) is 5.74. The van der Waals surface area contributed by atoms with Gasteiger partial charge in [0.1, 0.15) is 0 Å². The first kappa shape index (κ1) is 13.8. The Labute approximate surface area is 96.2 Å².